The Bertz CT molecular complexity index is 531. The van der Waals surface area contributed by atoms with Gasteiger partial charge in [-0.15, -0.1) is 12.4 Å². The molecule has 0 radical (unpaired) electrons. The largest absolute Gasteiger partial charge is 0.315 e. The van der Waals surface area contributed by atoms with Gasteiger partial charge in [-0.1, -0.05) is 22.0 Å². The molecule has 0 bridgehead atoms. The van der Waals surface area contributed by atoms with Gasteiger partial charge in [-0.3, -0.25) is 0 Å². The first-order chi connectivity index (χ1) is 8.50. The van der Waals surface area contributed by atoms with Gasteiger partial charge in [0.25, 0.3) is 0 Å². The molecule has 0 saturated carbocycles. The van der Waals surface area contributed by atoms with Crippen molar-refractivity contribution >= 4 is 38.4 Å². The lowest BCUT2D eigenvalue weighted by molar-refractivity contribution is 0.428. The molecule has 1 fully saturated rings. The standard InChI is InChI=1S/C12H17BrN2O2S.ClH/c1-9-11(13)5-2-6-12(9)18(16,17)15-10-4-3-7-14-8-10;/h2,5-6,10,14-15H,3-4,7-8H2,1H3;1H. The highest BCUT2D eigenvalue weighted by atomic mass is 79.9. The third kappa shape index (κ3) is 4.16. The Hall–Kier alpha value is -0.140. The van der Waals surface area contributed by atoms with Gasteiger partial charge in [-0.2, -0.15) is 0 Å². The van der Waals surface area contributed by atoms with E-state index in [-0.39, 0.29) is 18.4 Å². The van der Waals surface area contributed by atoms with Gasteiger partial charge in [-0.05, 0) is 44.0 Å². The predicted molar refractivity (Wildman–Crippen MR) is 82.3 cm³/mol. The van der Waals surface area contributed by atoms with E-state index in [1.807, 2.05) is 6.07 Å². The van der Waals surface area contributed by atoms with Crippen molar-refractivity contribution < 1.29 is 8.42 Å². The van der Waals surface area contributed by atoms with Crippen LogP contribution in [0.15, 0.2) is 27.6 Å². The molecule has 1 aliphatic heterocycles. The second kappa shape index (κ2) is 7.04. The monoisotopic (exact) mass is 368 g/mol. The van der Waals surface area contributed by atoms with Crippen LogP contribution in [0.4, 0.5) is 0 Å². The van der Waals surface area contributed by atoms with Crippen molar-refractivity contribution in [2.75, 3.05) is 13.1 Å². The van der Waals surface area contributed by atoms with E-state index in [4.69, 9.17) is 0 Å². The van der Waals surface area contributed by atoms with Crippen molar-refractivity contribution in [2.45, 2.75) is 30.7 Å². The minimum absolute atomic E-state index is 0. The van der Waals surface area contributed by atoms with Gasteiger partial charge >= 0.3 is 0 Å². The van der Waals surface area contributed by atoms with Crippen molar-refractivity contribution in [3.05, 3.63) is 28.2 Å². The van der Waals surface area contributed by atoms with E-state index in [0.717, 1.165) is 29.4 Å². The molecule has 1 aliphatic rings. The molecule has 1 saturated heterocycles. The second-order valence-corrected chi connectivity index (χ2v) is 7.06. The van der Waals surface area contributed by atoms with Gasteiger partial charge in [0.1, 0.15) is 0 Å². The molecular weight excluding hydrogens is 352 g/mol. The number of benzene rings is 1. The van der Waals surface area contributed by atoms with Crippen LogP contribution in [0, 0.1) is 6.92 Å². The van der Waals surface area contributed by atoms with E-state index in [2.05, 4.69) is 26.0 Å². The van der Waals surface area contributed by atoms with Crippen LogP contribution in [-0.2, 0) is 10.0 Å². The van der Waals surface area contributed by atoms with Gasteiger partial charge in [0.15, 0.2) is 0 Å². The topological polar surface area (TPSA) is 58.2 Å². The summed E-state index contributed by atoms with van der Waals surface area (Å²) in [7, 11) is -3.43. The van der Waals surface area contributed by atoms with E-state index in [9.17, 15) is 8.42 Å². The van der Waals surface area contributed by atoms with E-state index in [0.29, 0.717) is 11.4 Å². The molecule has 1 aromatic rings. The van der Waals surface area contributed by atoms with Crippen molar-refractivity contribution in [3.63, 3.8) is 0 Å². The van der Waals surface area contributed by atoms with Crippen LogP contribution in [-0.4, -0.2) is 27.5 Å². The molecule has 2 rings (SSSR count). The van der Waals surface area contributed by atoms with Crippen LogP contribution in [0.3, 0.4) is 0 Å². The highest BCUT2D eigenvalue weighted by Crippen LogP contribution is 2.23. The fraction of sp³-hybridized carbons (Fsp3) is 0.500. The summed E-state index contributed by atoms with van der Waals surface area (Å²) in [6.45, 7) is 3.47. The lowest BCUT2D eigenvalue weighted by Crippen LogP contribution is -2.45. The van der Waals surface area contributed by atoms with Crippen LogP contribution in [0.1, 0.15) is 18.4 Å². The van der Waals surface area contributed by atoms with Crippen LogP contribution >= 0.6 is 28.3 Å². The lowest BCUT2D eigenvalue weighted by atomic mass is 10.1. The Morgan fingerprint density at radius 3 is 2.79 bits per heavy atom. The fourth-order valence-corrected chi connectivity index (χ4v) is 4.15. The van der Waals surface area contributed by atoms with Gasteiger partial charge < -0.3 is 5.32 Å². The van der Waals surface area contributed by atoms with Gasteiger partial charge in [0, 0.05) is 17.1 Å². The Kier molecular flexibility index (Phi) is 6.26. The van der Waals surface area contributed by atoms with Gasteiger partial charge in [-0.25, -0.2) is 13.1 Å². The number of piperidine rings is 1. The number of sulfonamides is 1. The second-order valence-electron chi connectivity index (χ2n) is 4.53. The molecule has 4 nitrogen and oxygen atoms in total. The highest BCUT2D eigenvalue weighted by molar-refractivity contribution is 9.10. The molecule has 1 aromatic carbocycles. The molecule has 1 heterocycles. The molecular formula is C12H18BrClN2O2S. The number of hydrogen-bond donors (Lipinski definition) is 2. The highest BCUT2D eigenvalue weighted by Gasteiger charge is 2.23. The molecule has 0 aromatic heterocycles. The Morgan fingerprint density at radius 1 is 1.42 bits per heavy atom. The molecule has 1 unspecified atom stereocenters. The normalized spacial score (nSPS) is 19.8. The quantitative estimate of drug-likeness (QED) is 0.859. The van der Waals surface area contributed by atoms with Crippen LogP contribution in [0.25, 0.3) is 0 Å². The summed E-state index contributed by atoms with van der Waals surface area (Å²) in [6.07, 6.45) is 1.89. The predicted octanol–water partition coefficient (Wildman–Crippen LogP) is 2.21. The fourth-order valence-electron chi connectivity index (χ4n) is 2.11. The molecule has 0 amide bonds. The summed E-state index contributed by atoms with van der Waals surface area (Å²) in [5.74, 6) is 0. The van der Waals surface area contributed by atoms with Crippen molar-refractivity contribution in [3.8, 4) is 0 Å². The summed E-state index contributed by atoms with van der Waals surface area (Å²) in [4.78, 5) is 0.349. The minimum atomic E-state index is -3.43. The average Bonchev–Trinajstić information content (AvgIpc) is 2.33. The molecule has 0 spiro atoms. The molecule has 108 valence electrons. The summed E-state index contributed by atoms with van der Waals surface area (Å²) in [6, 6.07) is 5.21. The van der Waals surface area contributed by atoms with E-state index >= 15 is 0 Å². The maximum atomic E-state index is 12.3. The summed E-state index contributed by atoms with van der Waals surface area (Å²) in [5, 5.41) is 3.20. The maximum absolute atomic E-state index is 12.3. The number of hydrogen-bond acceptors (Lipinski definition) is 3. The Labute approximate surface area is 128 Å². The zero-order chi connectivity index (χ0) is 13.2. The molecule has 7 heteroatoms. The van der Waals surface area contributed by atoms with Crippen molar-refractivity contribution in [1.82, 2.24) is 10.0 Å². The number of halogens is 2. The lowest BCUT2D eigenvalue weighted by Gasteiger charge is -2.24. The first-order valence-electron chi connectivity index (χ1n) is 5.99. The average molecular weight is 370 g/mol. The zero-order valence-electron chi connectivity index (χ0n) is 10.6. The van der Waals surface area contributed by atoms with E-state index in [1.54, 1.807) is 19.1 Å². The number of nitrogens with one attached hydrogen (secondary N) is 2. The minimum Gasteiger partial charge on any atom is -0.315 e. The van der Waals surface area contributed by atoms with Crippen LogP contribution < -0.4 is 10.0 Å². The smallest absolute Gasteiger partial charge is 0.241 e. The maximum Gasteiger partial charge on any atom is 0.241 e. The van der Waals surface area contributed by atoms with Crippen molar-refractivity contribution in [2.24, 2.45) is 0 Å². The third-order valence-electron chi connectivity index (χ3n) is 3.13. The summed E-state index contributed by atoms with van der Waals surface area (Å²) < 4.78 is 28.2. The SMILES string of the molecule is Cc1c(Br)cccc1S(=O)(=O)NC1CCCNC1.Cl. The Morgan fingerprint density at radius 2 is 2.16 bits per heavy atom. The summed E-state index contributed by atoms with van der Waals surface area (Å²) in [5.41, 5.74) is 0.744. The first-order valence-corrected chi connectivity index (χ1v) is 8.26. The zero-order valence-corrected chi connectivity index (χ0v) is 13.9. The molecule has 2 N–H and O–H groups in total. The van der Waals surface area contributed by atoms with E-state index < -0.39 is 10.0 Å². The molecule has 1 atom stereocenters. The molecule has 0 aliphatic carbocycles. The third-order valence-corrected chi connectivity index (χ3v) is 5.65. The van der Waals surface area contributed by atoms with Crippen LogP contribution in [0.2, 0.25) is 0 Å². The summed E-state index contributed by atoms with van der Waals surface area (Å²) >= 11 is 3.36. The van der Waals surface area contributed by atoms with Crippen LogP contribution in [0.5, 0.6) is 0 Å². The van der Waals surface area contributed by atoms with Gasteiger partial charge in [0.2, 0.25) is 10.0 Å². The number of rotatable bonds is 3. The van der Waals surface area contributed by atoms with E-state index in [1.165, 1.54) is 0 Å². The Balaban J connectivity index is 0.00000180. The first kappa shape index (κ1) is 16.9. The van der Waals surface area contributed by atoms with Crippen molar-refractivity contribution in [1.29, 1.82) is 0 Å². The molecule has 19 heavy (non-hydrogen) atoms. The van der Waals surface area contributed by atoms with Gasteiger partial charge in [0.05, 0.1) is 4.90 Å².